The number of pyridine rings is 1. The van der Waals surface area contributed by atoms with Gasteiger partial charge >= 0.3 is 0 Å². The van der Waals surface area contributed by atoms with Gasteiger partial charge in [-0.05, 0) is 30.2 Å². The Balaban J connectivity index is 0.00000220. The molecule has 0 unspecified atom stereocenters. The summed E-state index contributed by atoms with van der Waals surface area (Å²) < 4.78 is 0. The molecule has 1 aromatic carbocycles. The quantitative estimate of drug-likeness (QED) is 0.891. The summed E-state index contributed by atoms with van der Waals surface area (Å²) in [7, 11) is 0. The predicted octanol–water partition coefficient (Wildman–Crippen LogP) is 3.22. The lowest BCUT2D eigenvalue weighted by molar-refractivity contribution is -0.115. The number of hydrogen-bond acceptors (Lipinski definition) is 3. The molecule has 0 saturated heterocycles. The number of para-hydroxylation sites is 1. The Hall–Kier alpha value is -2.07. The van der Waals surface area contributed by atoms with Crippen LogP contribution in [-0.2, 0) is 17.6 Å². The summed E-state index contributed by atoms with van der Waals surface area (Å²) in [5.41, 5.74) is 8.93. The molecule has 0 aliphatic carbocycles. The van der Waals surface area contributed by atoms with E-state index in [1.807, 2.05) is 24.3 Å². The molecule has 1 aromatic heterocycles. The van der Waals surface area contributed by atoms with Gasteiger partial charge in [0.2, 0.25) is 5.91 Å². The number of carbonyl (C=O) groups excluding carboxylic acids is 1. The van der Waals surface area contributed by atoms with Gasteiger partial charge in [-0.1, -0.05) is 31.5 Å². The first kappa shape index (κ1) is 17.0. The number of hydrogen-bond donors (Lipinski definition) is 2. The molecule has 2 aromatic rings. The highest BCUT2D eigenvalue weighted by Gasteiger charge is 2.07. The molecule has 1 heterocycles. The van der Waals surface area contributed by atoms with Crippen LogP contribution in [0.25, 0.3) is 0 Å². The van der Waals surface area contributed by atoms with Crippen LogP contribution in [-0.4, -0.2) is 10.9 Å². The lowest BCUT2D eigenvalue weighted by Crippen LogP contribution is -2.16. The number of rotatable bonds is 5. The normalized spacial score (nSPS) is 9.76. The third kappa shape index (κ3) is 5.08. The summed E-state index contributed by atoms with van der Waals surface area (Å²) in [6, 6.07) is 11.4. The number of carbonyl (C=O) groups is 1. The van der Waals surface area contributed by atoms with E-state index < -0.39 is 0 Å². The molecule has 4 nitrogen and oxygen atoms in total. The molecule has 0 atom stereocenters. The van der Waals surface area contributed by atoms with Gasteiger partial charge in [0, 0.05) is 11.4 Å². The summed E-state index contributed by atoms with van der Waals surface area (Å²) in [5.74, 6) is -0.0641. The van der Waals surface area contributed by atoms with Crippen molar-refractivity contribution in [3.63, 3.8) is 0 Å². The van der Waals surface area contributed by atoms with Crippen LogP contribution in [0.15, 0.2) is 42.6 Å². The maximum absolute atomic E-state index is 12.0. The SMILES string of the molecule is CCCc1ccccc1NC(=O)Cc1ccc(N)cn1.Cl. The fourth-order valence-corrected chi connectivity index (χ4v) is 2.03. The molecule has 112 valence electrons. The summed E-state index contributed by atoms with van der Waals surface area (Å²) in [6.07, 6.45) is 3.82. The van der Waals surface area contributed by atoms with Gasteiger partial charge in [-0.15, -0.1) is 12.4 Å². The van der Waals surface area contributed by atoms with Crippen molar-refractivity contribution in [3.8, 4) is 0 Å². The van der Waals surface area contributed by atoms with E-state index in [0.717, 1.165) is 24.1 Å². The number of benzene rings is 1. The Morgan fingerprint density at radius 2 is 2.00 bits per heavy atom. The maximum atomic E-state index is 12.0. The lowest BCUT2D eigenvalue weighted by Gasteiger charge is -2.10. The molecule has 0 aliphatic heterocycles. The van der Waals surface area contributed by atoms with Crippen molar-refractivity contribution >= 4 is 29.7 Å². The smallest absolute Gasteiger partial charge is 0.230 e. The molecule has 3 N–H and O–H groups in total. The van der Waals surface area contributed by atoms with Crippen LogP contribution in [0, 0.1) is 0 Å². The second-order valence-electron chi connectivity index (χ2n) is 4.71. The minimum absolute atomic E-state index is 0. The van der Waals surface area contributed by atoms with Gasteiger partial charge in [-0.25, -0.2) is 0 Å². The highest BCUT2D eigenvalue weighted by molar-refractivity contribution is 5.92. The minimum atomic E-state index is -0.0641. The molecule has 0 bridgehead atoms. The Labute approximate surface area is 131 Å². The standard InChI is InChI=1S/C16H19N3O.ClH/c1-2-5-12-6-3-4-7-15(12)19-16(20)10-14-9-8-13(17)11-18-14;/h3-4,6-9,11H,2,5,10,17H2,1H3,(H,19,20);1H. The molecule has 0 spiro atoms. The average molecular weight is 306 g/mol. The molecule has 5 heteroatoms. The first-order chi connectivity index (χ1) is 9.69. The first-order valence-corrected chi connectivity index (χ1v) is 6.77. The monoisotopic (exact) mass is 305 g/mol. The molecule has 0 aliphatic rings. The Morgan fingerprint density at radius 3 is 2.67 bits per heavy atom. The zero-order valence-electron chi connectivity index (χ0n) is 12.0. The van der Waals surface area contributed by atoms with Gasteiger partial charge in [0.25, 0.3) is 0 Å². The minimum Gasteiger partial charge on any atom is -0.397 e. The maximum Gasteiger partial charge on any atom is 0.230 e. The van der Waals surface area contributed by atoms with Crippen LogP contribution < -0.4 is 11.1 Å². The first-order valence-electron chi connectivity index (χ1n) is 6.77. The second-order valence-corrected chi connectivity index (χ2v) is 4.71. The third-order valence-electron chi connectivity index (χ3n) is 3.00. The number of nitrogens with one attached hydrogen (secondary N) is 1. The molecule has 2 rings (SSSR count). The van der Waals surface area contributed by atoms with E-state index >= 15 is 0 Å². The Bertz CT molecular complexity index is 584. The molecule has 1 amide bonds. The largest absolute Gasteiger partial charge is 0.397 e. The molecule has 0 saturated carbocycles. The van der Waals surface area contributed by atoms with E-state index in [4.69, 9.17) is 5.73 Å². The van der Waals surface area contributed by atoms with Crippen LogP contribution >= 0.6 is 12.4 Å². The number of anilines is 2. The van der Waals surface area contributed by atoms with Gasteiger partial charge < -0.3 is 11.1 Å². The number of halogens is 1. The van der Waals surface area contributed by atoms with Crippen molar-refractivity contribution in [2.45, 2.75) is 26.2 Å². The number of aryl methyl sites for hydroxylation is 1. The van der Waals surface area contributed by atoms with Crippen molar-refractivity contribution in [1.82, 2.24) is 4.98 Å². The van der Waals surface area contributed by atoms with E-state index in [1.54, 1.807) is 18.3 Å². The molecule has 0 fully saturated rings. The van der Waals surface area contributed by atoms with Gasteiger partial charge in [0.05, 0.1) is 18.3 Å². The van der Waals surface area contributed by atoms with E-state index in [-0.39, 0.29) is 24.7 Å². The zero-order chi connectivity index (χ0) is 14.4. The Morgan fingerprint density at radius 1 is 1.24 bits per heavy atom. The van der Waals surface area contributed by atoms with E-state index in [9.17, 15) is 4.79 Å². The van der Waals surface area contributed by atoms with Crippen molar-refractivity contribution in [3.05, 3.63) is 53.9 Å². The van der Waals surface area contributed by atoms with E-state index in [2.05, 4.69) is 17.2 Å². The van der Waals surface area contributed by atoms with Crippen LogP contribution in [0.3, 0.4) is 0 Å². The van der Waals surface area contributed by atoms with Gasteiger partial charge in [0.1, 0.15) is 0 Å². The fourth-order valence-electron chi connectivity index (χ4n) is 2.03. The zero-order valence-corrected chi connectivity index (χ0v) is 12.8. The third-order valence-corrected chi connectivity index (χ3v) is 3.00. The van der Waals surface area contributed by atoms with Gasteiger partial charge in [-0.3, -0.25) is 9.78 Å². The topological polar surface area (TPSA) is 68.0 Å². The number of nitrogens with zero attached hydrogens (tertiary/aromatic N) is 1. The Kier molecular flexibility index (Phi) is 6.69. The summed E-state index contributed by atoms with van der Waals surface area (Å²) in [4.78, 5) is 16.2. The van der Waals surface area contributed by atoms with Crippen molar-refractivity contribution in [1.29, 1.82) is 0 Å². The van der Waals surface area contributed by atoms with Crippen LogP contribution in [0.1, 0.15) is 24.6 Å². The number of aromatic nitrogens is 1. The molecular formula is C16H20ClN3O. The number of nitrogen functional groups attached to an aromatic ring is 1. The van der Waals surface area contributed by atoms with E-state index in [1.165, 1.54) is 0 Å². The molecular weight excluding hydrogens is 286 g/mol. The van der Waals surface area contributed by atoms with Crippen LogP contribution in [0.2, 0.25) is 0 Å². The van der Waals surface area contributed by atoms with Crippen molar-refractivity contribution in [2.24, 2.45) is 0 Å². The predicted molar refractivity (Wildman–Crippen MR) is 88.7 cm³/mol. The summed E-state index contributed by atoms with van der Waals surface area (Å²) >= 11 is 0. The second kappa shape index (κ2) is 8.27. The number of amides is 1. The highest BCUT2D eigenvalue weighted by Crippen LogP contribution is 2.17. The lowest BCUT2D eigenvalue weighted by atomic mass is 10.1. The van der Waals surface area contributed by atoms with Crippen molar-refractivity contribution in [2.75, 3.05) is 11.1 Å². The summed E-state index contributed by atoms with van der Waals surface area (Å²) in [6.45, 7) is 2.12. The van der Waals surface area contributed by atoms with Gasteiger partial charge in [0.15, 0.2) is 0 Å². The van der Waals surface area contributed by atoms with Crippen LogP contribution in [0.4, 0.5) is 11.4 Å². The van der Waals surface area contributed by atoms with Crippen molar-refractivity contribution < 1.29 is 4.79 Å². The summed E-state index contributed by atoms with van der Waals surface area (Å²) in [5, 5.41) is 2.95. The fraction of sp³-hybridized carbons (Fsp3) is 0.250. The van der Waals surface area contributed by atoms with E-state index in [0.29, 0.717) is 11.4 Å². The number of nitrogens with two attached hydrogens (primary N) is 1. The van der Waals surface area contributed by atoms with Crippen LogP contribution in [0.5, 0.6) is 0 Å². The average Bonchev–Trinajstić information content (AvgIpc) is 2.44. The molecule has 0 radical (unpaired) electrons. The van der Waals surface area contributed by atoms with Gasteiger partial charge in [-0.2, -0.15) is 0 Å². The molecule has 21 heavy (non-hydrogen) atoms. The highest BCUT2D eigenvalue weighted by atomic mass is 35.5.